The number of para-hydroxylation sites is 1. The molecule has 0 fully saturated rings. The minimum Gasteiger partial charge on any atom is -0.250 e. The lowest BCUT2D eigenvalue weighted by molar-refractivity contribution is 0.628. The fraction of sp³-hybridized carbons (Fsp3) is 0.0526. The van der Waals surface area contributed by atoms with Gasteiger partial charge in [-0.05, 0) is 43.4 Å². The summed E-state index contributed by atoms with van der Waals surface area (Å²) in [4.78, 5) is 0. The Balaban J connectivity index is 1.75. The van der Waals surface area contributed by atoms with Crippen molar-refractivity contribution < 1.29 is 4.39 Å². The largest absolute Gasteiger partial charge is 0.250 e. The Kier molecular flexibility index (Phi) is 4.89. The Bertz CT molecular complexity index is 1220. The first-order valence-electron chi connectivity index (χ1n) is 8.33. The minimum atomic E-state index is -0.370. The first-order chi connectivity index (χ1) is 13.5. The molecule has 0 saturated heterocycles. The molecule has 4 aromatic rings. The second-order valence-corrected chi connectivity index (χ2v) is 6.70. The molecule has 0 aliphatic rings. The fourth-order valence-electron chi connectivity index (χ4n) is 2.73. The van der Waals surface area contributed by atoms with Gasteiger partial charge in [0.1, 0.15) is 11.0 Å². The number of hydrogen-bond donors (Lipinski definition) is 1. The van der Waals surface area contributed by atoms with Crippen molar-refractivity contribution in [3.63, 3.8) is 0 Å². The van der Waals surface area contributed by atoms with E-state index >= 15 is 0 Å². The van der Waals surface area contributed by atoms with Crippen molar-refractivity contribution in [1.29, 1.82) is 0 Å². The first kappa shape index (κ1) is 18.3. The molecular formula is C19H14ClFN6S. The van der Waals surface area contributed by atoms with E-state index in [9.17, 15) is 4.39 Å². The standard InChI is InChI=1S/C19H14ClFN6S/c1-12-16(17(20)26(25-12)15-8-3-2-4-9-15)11-22-27-18(23-24-19(27)28)13-6-5-7-14(21)10-13/h2-11H,1H3,(H,24,28). The van der Waals surface area contributed by atoms with Crippen LogP contribution >= 0.6 is 23.8 Å². The van der Waals surface area contributed by atoms with E-state index in [0.717, 1.165) is 5.69 Å². The van der Waals surface area contributed by atoms with Gasteiger partial charge in [0.25, 0.3) is 0 Å². The van der Waals surface area contributed by atoms with Gasteiger partial charge in [-0.25, -0.2) is 14.2 Å². The van der Waals surface area contributed by atoms with Crippen molar-refractivity contribution in [3.8, 4) is 17.1 Å². The zero-order valence-corrected chi connectivity index (χ0v) is 16.2. The second kappa shape index (κ2) is 7.49. The van der Waals surface area contributed by atoms with Crippen LogP contribution in [-0.2, 0) is 0 Å². The molecule has 6 nitrogen and oxygen atoms in total. The molecule has 4 rings (SSSR count). The van der Waals surface area contributed by atoms with Crippen LogP contribution in [-0.4, -0.2) is 30.9 Å². The topological polar surface area (TPSA) is 63.8 Å². The maximum atomic E-state index is 13.6. The van der Waals surface area contributed by atoms with Crippen LogP contribution in [0.25, 0.3) is 17.1 Å². The summed E-state index contributed by atoms with van der Waals surface area (Å²) in [6.45, 7) is 1.84. The molecule has 2 aromatic carbocycles. The summed E-state index contributed by atoms with van der Waals surface area (Å²) in [5.74, 6) is 0.0231. The summed E-state index contributed by atoms with van der Waals surface area (Å²) in [5, 5.41) is 16.1. The number of aromatic nitrogens is 5. The molecule has 2 aromatic heterocycles. The summed E-state index contributed by atoms with van der Waals surface area (Å²) >= 11 is 11.8. The smallest absolute Gasteiger partial charge is 0.216 e. The van der Waals surface area contributed by atoms with Gasteiger partial charge in [-0.3, -0.25) is 0 Å². The number of benzene rings is 2. The van der Waals surface area contributed by atoms with E-state index < -0.39 is 0 Å². The molecule has 9 heteroatoms. The highest BCUT2D eigenvalue weighted by atomic mass is 35.5. The average molecular weight is 413 g/mol. The zero-order valence-electron chi connectivity index (χ0n) is 14.7. The second-order valence-electron chi connectivity index (χ2n) is 5.96. The Labute approximate surface area is 169 Å². The normalized spacial score (nSPS) is 11.4. The van der Waals surface area contributed by atoms with E-state index in [2.05, 4.69) is 20.4 Å². The van der Waals surface area contributed by atoms with Gasteiger partial charge in [0.05, 0.1) is 23.2 Å². The van der Waals surface area contributed by atoms with Gasteiger partial charge in [-0.2, -0.15) is 20.0 Å². The van der Waals surface area contributed by atoms with Crippen LogP contribution in [0.15, 0.2) is 59.7 Å². The minimum absolute atomic E-state index is 0.278. The number of H-pyrrole nitrogens is 1. The van der Waals surface area contributed by atoms with Crippen LogP contribution in [0.3, 0.4) is 0 Å². The quantitative estimate of drug-likeness (QED) is 0.387. The summed E-state index contributed by atoms with van der Waals surface area (Å²) in [6, 6.07) is 15.6. The third-order valence-electron chi connectivity index (χ3n) is 4.08. The summed E-state index contributed by atoms with van der Waals surface area (Å²) < 4.78 is 16.9. The fourth-order valence-corrected chi connectivity index (χ4v) is 3.23. The van der Waals surface area contributed by atoms with E-state index in [-0.39, 0.29) is 10.6 Å². The maximum absolute atomic E-state index is 13.6. The molecule has 140 valence electrons. The molecule has 0 bridgehead atoms. The third-order valence-corrected chi connectivity index (χ3v) is 4.71. The molecule has 0 aliphatic heterocycles. The molecule has 0 unspecified atom stereocenters. The monoisotopic (exact) mass is 412 g/mol. The number of hydrogen-bond acceptors (Lipinski definition) is 4. The molecule has 0 saturated carbocycles. The third kappa shape index (κ3) is 3.39. The van der Waals surface area contributed by atoms with Crippen LogP contribution < -0.4 is 0 Å². The predicted molar refractivity (Wildman–Crippen MR) is 109 cm³/mol. The maximum Gasteiger partial charge on any atom is 0.216 e. The molecule has 2 heterocycles. The van der Waals surface area contributed by atoms with Gasteiger partial charge in [0, 0.05) is 5.56 Å². The number of nitrogens with one attached hydrogen (secondary N) is 1. The van der Waals surface area contributed by atoms with Gasteiger partial charge in [0.15, 0.2) is 5.82 Å². The highest BCUT2D eigenvalue weighted by Crippen LogP contribution is 2.23. The van der Waals surface area contributed by atoms with Crippen LogP contribution in [0.1, 0.15) is 11.3 Å². The van der Waals surface area contributed by atoms with Gasteiger partial charge in [0.2, 0.25) is 4.77 Å². The Morgan fingerprint density at radius 3 is 2.71 bits per heavy atom. The predicted octanol–water partition coefficient (Wildman–Crippen LogP) is 4.78. The highest BCUT2D eigenvalue weighted by Gasteiger charge is 2.14. The van der Waals surface area contributed by atoms with E-state index in [1.165, 1.54) is 16.8 Å². The van der Waals surface area contributed by atoms with E-state index in [0.29, 0.717) is 27.8 Å². The Morgan fingerprint density at radius 2 is 1.96 bits per heavy atom. The molecular weight excluding hydrogens is 399 g/mol. The van der Waals surface area contributed by atoms with E-state index in [1.54, 1.807) is 23.0 Å². The highest BCUT2D eigenvalue weighted by molar-refractivity contribution is 7.71. The number of halogens is 2. The number of nitrogens with zero attached hydrogens (tertiary/aromatic N) is 5. The van der Waals surface area contributed by atoms with E-state index in [4.69, 9.17) is 23.8 Å². The van der Waals surface area contributed by atoms with Crippen molar-refractivity contribution in [2.24, 2.45) is 5.10 Å². The van der Waals surface area contributed by atoms with Crippen LogP contribution in [0.4, 0.5) is 4.39 Å². The lowest BCUT2D eigenvalue weighted by Crippen LogP contribution is -1.97. The van der Waals surface area contributed by atoms with Crippen molar-refractivity contribution >= 4 is 30.0 Å². The van der Waals surface area contributed by atoms with Crippen LogP contribution in [0.2, 0.25) is 5.15 Å². The van der Waals surface area contributed by atoms with Crippen molar-refractivity contribution in [2.75, 3.05) is 0 Å². The molecule has 28 heavy (non-hydrogen) atoms. The summed E-state index contributed by atoms with van der Waals surface area (Å²) in [7, 11) is 0. The van der Waals surface area contributed by atoms with Crippen molar-refractivity contribution in [1.82, 2.24) is 24.7 Å². The van der Waals surface area contributed by atoms with E-state index in [1.807, 2.05) is 37.3 Å². The number of aryl methyl sites for hydroxylation is 1. The molecule has 0 radical (unpaired) electrons. The molecule has 0 atom stereocenters. The Morgan fingerprint density at radius 1 is 1.18 bits per heavy atom. The van der Waals surface area contributed by atoms with Crippen molar-refractivity contribution in [2.45, 2.75) is 6.92 Å². The van der Waals surface area contributed by atoms with Crippen molar-refractivity contribution in [3.05, 3.63) is 81.6 Å². The lowest BCUT2D eigenvalue weighted by Gasteiger charge is -2.02. The molecule has 0 amide bonds. The number of rotatable bonds is 4. The first-order valence-corrected chi connectivity index (χ1v) is 9.11. The molecule has 0 aliphatic carbocycles. The zero-order chi connectivity index (χ0) is 19.7. The molecule has 0 spiro atoms. The Hall–Kier alpha value is -3.10. The number of aromatic amines is 1. The molecule has 1 N–H and O–H groups in total. The summed E-state index contributed by atoms with van der Waals surface area (Å²) in [6.07, 6.45) is 1.57. The SMILES string of the molecule is Cc1nn(-c2ccccc2)c(Cl)c1C=Nn1c(-c2cccc(F)c2)n[nH]c1=S. The summed E-state index contributed by atoms with van der Waals surface area (Å²) in [5.41, 5.74) is 2.75. The average Bonchev–Trinajstić information content (AvgIpc) is 3.20. The van der Waals surface area contributed by atoms with Crippen LogP contribution in [0, 0.1) is 17.5 Å². The van der Waals surface area contributed by atoms with Gasteiger partial charge >= 0.3 is 0 Å². The van der Waals surface area contributed by atoms with Gasteiger partial charge in [-0.15, -0.1) is 0 Å². The van der Waals surface area contributed by atoms with Gasteiger partial charge in [-0.1, -0.05) is 41.9 Å². The van der Waals surface area contributed by atoms with Crippen LogP contribution in [0.5, 0.6) is 0 Å². The van der Waals surface area contributed by atoms with Gasteiger partial charge < -0.3 is 0 Å². The lowest BCUT2D eigenvalue weighted by atomic mass is 10.2.